The number of hydrogen-bond donors (Lipinski definition) is 1. The van der Waals surface area contributed by atoms with E-state index in [0.29, 0.717) is 5.69 Å². The first-order valence-electron chi connectivity index (χ1n) is 4.35. The van der Waals surface area contributed by atoms with E-state index in [0.717, 1.165) is 0 Å². The number of hydrogen-bond acceptors (Lipinski definition) is 3. The van der Waals surface area contributed by atoms with Crippen molar-refractivity contribution in [3.63, 3.8) is 0 Å². The summed E-state index contributed by atoms with van der Waals surface area (Å²) < 4.78 is 1.83. The molecule has 0 bridgehead atoms. The number of carbonyl (C=O) groups is 1. The summed E-state index contributed by atoms with van der Waals surface area (Å²) in [5.41, 5.74) is 6.09. The van der Waals surface area contributed by atoms with Gasteiger partial charge in [0.2, 0.25) is 0 Å². The van der Waals surface area contributed by atoms with E-state index < -0.39 is 6.04 Å². The first kappa shape index (κ1) is 9.92. The number of Topliss-reactive ketones (excluding diaryl/α,β-unsaturated/α-hetero) is 1. The minimum atomic E-state index is -0.464. The highest BCUT2D eigenvalue weighted by Gasteiger charge is 2.16. The van der Waals surface area contributed by atoms with Gasteiger partial charge < -0.3 is 10.3 Å². The van der Waals surface area contributed by atoms with Gasteiger partial charge >= 0.3 is 0 Å². The zero-order valence-corrected chi connectivity index (χ0v) is 8.19. The van der Waals surface area contributed by atoms with Crippen molar-refractivity contribution < 1.29 is 4.79 Å². The maximum Gasteiger partial charge on any atom is 0.197 e. The normalized spacial score (nSPS) is 13.3. The summed E-state index contributed by atoms with van der Waals surface area (Å²) >= 11 is 0. The van der Waals surface area contributed by atoms with Crippen molar-refractivity contribution in [2.45, 2.75) is 32.9 Å². The number of rotatable bonds is 3. The van der Waals surface area contributed by atoms with Crippen molar-refractivity contribution in [2.75, 3.05) is 0 Å². The fraction of sp³-hybridized carbons (Fsp3) is 0.556. The van der Waals surface area contributed by atoms with E-state index >= 15 is 0 Å². The molecule has 0 aliphatic heterocycles. The molecule has 0 saturated heterocycles. The number of nitrogens with zero attached hydrogens (tertiary/aromatic N) is 2. The molecule has 1 rings (SSSR count). The predicted molar refractivity (Wildman–Crippen MR) is 50.6 cm³/mol. The van der Waals surface area contributed by atoms with Gasteiger partial charge in [-0.05, 0) is 20.8 Å². The molecule has 0 aliphatic carbocycles. The Morgan fingerprint density at radius 3 is 2.62 bits per heavy atom. The Labute approximate surface area is 77.8 Å². The molecule has 1 heterocycles. The standard InChI is InChI=1S/C9H15N3O/c1-6(2)12-5-11-4-8(12)9(13)7(3)10/h4-7H,10H2,1-3H3. The van der Waals surface area contributed by atoms with Gasteiger partial charge in [0.15, 0.2) is 5.78 Å². The third kappa shape index (κ3) is 1.95. The number of nitrogens with two attached hydrogens (primary N) is 1. The molecule has 0 radical (unpaired) electrons. The summed E-state index contributed by atoms with van der Waals surface area (Å²) in [7, 11) is 0. The topological polar surface area (TPSA) is 60.9 Å². The van der Waals surface area contributed by atoms with Crippen LogP contribution in [0, 0.1) is 0 Å². The Morgan fingerprint density at radius 1 is 1.54 bits per heavy atom. The van der Waals surface area contributed by atoms with E-state index in [4.69, 9.17) is 5.73 Å². The summed E-state index contributed by atoms with van der Waals surface area (Å²) in [6.07, 6.45) is 3.21. The van der Waals surface area contributed by atoms with Crippen molar-refractivity contribution in [3.8, 4) is 0 Å². The van der Waals surface area contributed by atoms with Crippen LogP contribution >= 0.6 is 0 Å². The van der Waals surface area contributed by atoms with Crippen LogP contribution in [-0.4, -0.2) is 21.4 Å². The Kier molecular flexibility index (Phi) is 2.83. The highest BCUT2D eigenvalue weighted by molar-refractivity contribution is 5.98. The zero-order valence-electron chi connectivity index (χ0n) is 8.19. The fourth-order valence-electron chi connectivity index (χ4n) is 1.14. The van der Waals surface area contributed by atoms with Gasteiger partial charge in [-0.15, -0.1) is 0 Å². The van der Waals surface area contributed by atoms with Crippen LogP contribution in [0.1, 0.15) is 37.3 Å². The minimum absolute atomic E-state index is 0.0637. The minimum Gasteiger partial charge on any atom is -0.326 e. The second kappa shape index (κ2) is 3.70. The monoisotopic (exact) mass is 181 g/mol. The lowest BCUT2D eigenvalue weighted by Gasteiger charge is -2.11. The van der Waals surface area contributed by atoms with Crippen LogP contribution in [0.2, 0.25) is 0 Å². The smallest absolute Gasteiger partial charge is 0.197 e. The van der Waals surface area contributed by atoms with Crippen LogP contribution < -0.4 is 5.73 Å². The molecule has 0 saturated carbocycles. The largest absolute Gasteiger partial charge is 0.326 e. The second-order valence-corrected chi connectivity index (χ2v) is 3.43. The quantitative estimate of drug-likeness (QED) is 0.707. The van der Waals surface area contributed by atoms with Gasteiger partial charge in [0, 0.05) is 6.04 Å². The molecule has 0 fully saturated rings. The Hall–Kier alpha value is -1.16. The molecule has 1 atom stereocenters. The van der Waals surface area contributed by atoms with Crippen molar-refractivity contribution in [1.29, 1.82) is 0 Å². The van der Waals surface area contributed by atoms with Crippen LogP contribution in [0.25, 0.3) is 0 Å². The average molecular weight is 181 g/mol. The number of aromatic nitrogens is 2. The number of imidazole rings is 1. The van der Waals surface area contributed by atoms with Gasteiger partial charge in [-0.3, -0.25) is 4.79 Å². The van der Waals surface area contributed by atoms with Gasteiger partial charge in [0.1, 0.15) is 5.69 Å². The molecule has 0 aliphatic rings. The molecule has 72 valence electrons. The highest BCUT2D eigenvalue weighted by atomic mass is 16.1. The van der Waals surface area contributed by atoms with Gasteiger partial charge in [-0.2, -0.15) is 0 Å². The molecule has 2 N–H and O–H groups in total. The molecule has 4 heteroatoms. The van der Waals surface area contributed by atoms with E-state index in [1.807, 2.05) is 18.4 Å². The third-order valence-electron chi connectivity index (χ3n) is 1.89. The first-order chi connectivity index (χ1) is 6.04. The third-order valence-corrected chi connectivity index (χ3v) is 1.89. The van der Waals surface area contributed by atoms with Gasteiger partial charge in [0.25, 0.3) is 0 Å². The van der Waals surface area contributed by atoms with E-state index in [-0.39, 0.29) is 11.8 Å². The molecular formula is C9H15N3O. The highest BCUT2D eigenvalue weighted by Crippen LogP contribution is 2.10. The number of carbonyl (C=O) groups excluding carboxylic acids is 1. The van der Waals surface area contributed by atoms with Crippen LogP contribution in [0.15, 0.2) is 12.5 Å². The van der Waals surface area contributed by atoms with E-state index in [1.54, 1.807) is 19.4 Å². The zero-order chi connectivity index (χ0) is 10.0. The molecule has 4 nitrogen and oxygen atoms in total. The SMILES string of the molecule is CC(N)C(=O)c1cncn1C(C)C. The Balaban J connectivity index is 3.01. The van der Waals surface area contributed by atoms with Crippen LogP contribution in [0.5, 0.6) is 0 Å². The van der Waals surface area contributed by atoms with Crippen molar-refractivity contribution >= 4 is 5.78 Å². The molecule has 0 spiro atoms. The van der Waals surface area contributed by atoms with Crippen molar-refractivity contribution in [1.82, 2.24) is 9.55 Å². The summed E-state index contributed by atoms with van der Waals surface area (Å²) in [5.74, 6) is -0.0637. The molecule has 13 heavy (non-hydrogen) atoms. The van der Waals surface area contributed by atoms with Gasteiger partial charge in [-0.25, -0.2) is 4.98 Å². The second-order valence-electron chi connectivity index (χ2n) is 3.43. The molecule has 1 unspecified atom stereocenters. The van der Waals surface area contributed by atoms with Crippen LogP contribution in [0.3, 0.4) is 0 Å². The van der Waals surface area contributed by atoms with Crippen molar-refractivity contribution in [2.24, 2.45) is 5.73 Å². The summed E-state index contributed by atoms with van der Waals surface area (Å²) in [4.78, 5) is 15.5. The molecular weight excluding hydrogens is 166 g/mol. The first-order valence-corrected chi connectivity index (χ1v) is 4.35. The van der Waals surface area contributed by atoms with Gasteiger partial charge in [-0.1, -0.05) is 0 Å². The molecule has 0 aromatic carbocycles. The van der Waals surface area contributed by atoms with Crippen LogP contribution in [-0.2, 0) is 0 Å². The van der Waals surface area contributed by atoms with Gasteiger partial charge in [0.05, 0.1) is 18.6 Å². The summed E-state index contributed by atoms with van der Waals surface area (Å²) in [6, 6.07) is -0.227. The lowest BCUT2D eigenvalue weighted by atomic mass is 10.1. The maximum absolute atomic E-state index is 11.5. The molecule has 1 aromatic rings. The number of ketones is 1. The van der Waals surface area contributed by atoms with Crippen LogP contribution in [0.4, 0.5) is 0 Å². The summed E-state index contributed by atoms with van der Waals surface area (Å²) in [6.45, 7) is 5.68. The average Bonchev–Trinajstić information content (AvgIpc) is 2.50. The maximum atomic E-state index is 11.5. The molecule has 0 amide bonds. The van der Waals surface area contributed by atoms with Crippen molar-refractivity contribution in [3.05, 3.63) is 18.2 Å². The van der Waals surface area contributed by atoms with E-state index in [1.165, 1.54) is 0 Å². The predicted octanol–water partition coefficient (Wildman–Crippen LogP) is 0.994. The molecule has 1 aromatic heterocycles. The fourth-order valence-corrected chi connectivity index (χ4v) is 1.14. The van der Waals surface area contributed by atoms with E-state index in [2.05, 4.69) is 4.98 Å². The lowest BCUT2D eigenvalue weighted by Crippen LogP contribution is -2.28. The summed E-state index contributed by atoms with van der Waals surface area (Å²) in [5, 5.41) is 0. The Bertz CT molecular complexity index is 302. The van der Waals surface area contributed by atoms with E-state index in [9.17, 15) is 4.79 Å². The Morgan fingerprint density at radius 2 is 2.15 bits per heavy atom. The lowest BCUT2D eigenvalue weighted by molar-refractivity contribution is 0.0957.